The molecular formula is C76H125N2O14PSi. The van der Waals surface area contributed by atoms with E-state index in [1.807, 2.05) is 30.3 Å². The van der Waals surface area contributed by atoms with Gasteiger partial charge in [-0.15, -0.1) is 0 Å². The molecule has 1 aliphatic rings. The first-order valence-electron chi connectivity index (χ1n) is 36.7. The molecule has 4 rings (SSSR count). The van der Waals surface area contributed by atoms with Crippen LogP contribution in [0.4, 0.5) is 4.79 Å². The average molecular weight is 1350 g/mol. The average Bonchev–Trinajstić information content (AvgIpc) is 0.802. The summed E-state index contributed by atoms with van der Waals surface area (Å²) in [6, 6.07) is 24.9. The van der Waals surface area contributed by atoms with Crippen LogP contribution in [-0.2, 0) is 58.5 Å². The summed E-state index contributed by atoms with van der Waals surface area (Å²) >= 11 is 0. The van der Waals surface area contributed by atoms with Gasteiger partial charge in [0, 0.05) is 21.7 Å². The number of phosphoric acid groups is 1. The Labute approximate surface area is 569 Å². The normalized spacial score (nSPS) is 16.5. The second-order valence-corrected chi connectivity index (χ2v) is 34.4. The summed E-state index contributed by atoms with van der Waals surface area (Å²) in [5.41, 5.74) is 0.776. The molecule has 16 nitrogen and oxygen atoms in total. The fourth-order valence-electron chi connectivity index (χ4n) is 11.6. The van der Waals surface area contributed by atoms with Gasteiger partial charge < -0.3 is 42.8 Å². The highest BCUT2D eigenvalue weighted by molar-refractivity contribution is 7.49. The van der Waals surface area contributed by atoms with Crippen molar-refractivity contribution in [1.82, 2.24) is 10.2 Å². The van der Waals surface area contributed by atoms with Crippen molar-refractivity contribution in [1.29, 1.82) is 0 Å². The summed E-state index contributed by atoms with van der Waals surface area (Å²) < 4.78 is 72.3. The van der Waals surface area contributed by atoms with Crippen molar-refractivity contribution in [3.63, 3.8) is 0 Å². The molecule has 2 amide bonds. The Bertz CT molecular complexity index is 2410. The van der Waals surface area contributed by atoms with E-state index in [2.05, 4.69) is 45.7 Å². The predicted octanol–water partition coefficient (Wildman–Crippen LogP) is 19.9. The summed E-state index contributed by atoms with van der Waals surface area (Å²) in [7, 11) is -4.78. The Kier molecular flexibility index (Phi) is 43.2. The number of hydrogen-bond donors (Lipinski definition) is 1. The molecule has 0 spiro atoms. The van der Waals surface area contributed by atoms with Gasteiger partial charge in [0.05, 0.1) is 31.1 Å². The minimum absolute atomic E-state index is 0.00568. The number of rotatable bonds is 55. The van der Waals surface area contributed by atoms with Crippen molar-refractivity contribution in [3.05, 3.63) is 96.6 Å². The third-order valence-corrected chi connectivity index (χ3v) is 20.8. The minimum atomic E-state index is -4.85. The molecule has 0 bridgehead atoms. The Morgan fingerprint density at radius 1 is 0.585 bits per heavy atom. The molecule has 1 saturated heterocycles. The molecule has 18 heteroatoms. The Morgan fingerprint density at radius 3 is 1.50 bits per heavy atom. The molecule has 3 aromatic carbocycles. The summed E-state index contributed by atoms with van der Waals surface area (Å²) in [5.74, 6) is -1.84. The molecule has 0 unspecified atom stereocenters. The van der Waals surface area contributed by atoms with E-state index >= 15 is 9.36 Å². The number of likely N-dealkylation sites (N-methyl/N-ethyl adjacent to an activating group) is 1. The number of amides is 2. The van der Waals surface area contributed by atoms with Crippen LogP contribution in [0.1, 0.15) is 245 Å². The number of carbonyl (C=O) groups excluding carboxylic acids is 4. The Balaban J connectivity index is 1.73. The monoisotopic (exact) mass is 1350 g/mol. The van der Waals surface area contributed by atoms with E-state index in [0.29, 0.717) is 25.9 Å². The lowest BCUT2D eigenvalue weighted by Crippen LogP contribution is -2.62. The molecule has 0 aromatic heterocycles. The molecule has 1 N–H and O–H groups in total. The maximum Gasteiger partial charge on any atom is 0.588 e. The van der Waals surface area contributed by atoms with Crippen molar-refractivity contribution in [2.45, 2.75) is 308 Å². The van der Waals surface area contributed by atoms with Crippen molar-refractivity contribution < 1.29 is 65.7 Å². The van der Waals surface area contributed by atoms with Gasteiger partial charge >= 0.3 is 25.9 Å². The van der Waals surface area contributed by atoms with Crippen molar-refractivity contribution in [3.8, 4) is 11.5 Å². The van der Waals surface area contributed by atoms with Crippen LogP contribution in [0.2, 0.25) is 25.7 Å². The van der Waals surface area contributed by atoms with Gasteiger partial charge in [0.15, 0.2) is 6.10 Å². The standard InChI is InChI=1S/C76H125N2O14PSi/c1-9-12-15-18-21-24-27-29-32-40-49-65(50-41-33-30-28-25-22-19-16-13-10-2)75(81)89-72-69(77-71(79)58-68(88-62-84-56-57-94(6,7)8)55-42-34-31-26-23-20-17-14-11-3)60-85-70(61-86-74(80)63(4)78(5)76(82)87-59-64-47-38-35-39-48-64)73(72)92-93(83,90-66-51-43-36-44-52-66)91-67-53-45-37-46-54-67/h35-39,43-48,51-54,63,65,68-70,72-73H,9-34,40-42,49-50,55-62H2,1-8H3,(H,77,79)/t63-,68+,69-,70+,72+,73+/m0/s1. The Morgan fingerprint density at radius 2 is 1.03 bits per heavy atom. The van der Waals surface area contributed by atoms with Crippen molar-refractivity contribution in [2.75, 3.05) is 33.7 Å². The minimum Gasteiger partial charge on any atom is -0.461 e. The number of ether oxygens (including phenoxy) is 6. The van der Waals surface area contributed by atoms with Gasteiger partial charge in [0.25, 0.3) is 0 Å². The predicted molar refractivity (Wildman–Crippen MR) is 380 cm³/mol. The number of carbonyl (C=O) groups is 4. The lowest BCUT2D eigenvalue weighted by Gasteiger charge is -2.42. The summed E-state index contributed by atoms with van der Waals surface area (Å²) in [6.07, 6.45) is 29.7. The molecule has 1 fully saturated rings. The quantitative estimate of drug-likeness (QED) is 0.0141. The highest BCUT2D eigenvalue weighted by atomic mass is 31.2. The maximum absolute atomic E-state index is 15.7. The van der Waals surface area contributed by atoms with Crippen molar-refractivity contribution in [2.24, 2.45) is 5.92 Å². The van der Waals surface area contributed by atoms with Crippen LogP contribution < -0.4 is 14.4 Å². The smallest absolute Gasteiger partial charge is 0.461 e. The zero-order chi connectivity index (χ0) is 67.9. The first kappa shape index (κ1) is 81.7. The number of unbranched alkanes of at least 4 members (excludes halogenated alkanes) is 26. The number of para-hydroxylation sites is 2. The van der Waals surface area contributed by atoms with E-state index in [0.717, 1.165) is 87.1 Å². The number of hydrogen-bond acceptors (Lipinski definition) is 14. The summed E-state index contributed by atoms with van der Waals surface area (Å²) in [6.45, 7) is 15.0. The lowest BCUT2D eigenvalue weighted by atomic mass is 9.93. The number of nitrogens with zero attached hydrogens (tertiary/aromatic N) is 1. The molecule has 0 aliphatic carbocycles. The zero-order valence-electron chi connectivity index (χ0n) is 59.4. The number of phosphoric ester groups is 1. The molecule has 0 radical (unpaired) electrons. The number of nitrogens with one attached hydrogen (secondary N) is 1. The van der Waals surface area contributed by atoms with Gasteiger partial charge in [-0.3, -0.25) is 19.0 Å². The third-order valence-electron chi connectivity index (χ3n) is 17.7. The lowest BCUT2D eigenvalue weighted by molar-refractivity contribution is -0.196. The summed E-state index contributed by atoms with van der Waals surface area (Å²) in [4.78, 5) is 58.8. The molecule has 3 aromatic rings. The highest BCUT2D eigenvalue weighted by Gasteiger charge is 2.51. The molecule has 94 heavy (non-hydrogen) atoms. The molecule has 1 heterocycles. The van der Waals surface area contributed by atoms with Crippen molar-refractivity contribution >= 4 is 39.8 Å². The van der Waals surface area contributed by atoms with E-state index in [-0.39, 0.29) is 43.8 Å². The van der Waals surface area contributed by atoms with Gasteiger partial charge in [-0.2, -0.15) is 0 Å². The second kappa shape index (κ2) is 49.7. The van der Waals surface area contributed by atoms with E-state index in [9.17, 15) is 14.4 Å². The molecular weight excluding hydrogens is 1220 g/mol. The van der Waals surface area contributed by atoms with Crippen LogP contribution in [-0.4, -0.2) is 107 Å². The fourth-order valence-corrected chi connectivity index (χ4v) is 13.8. The first-order chi connectivity index (χ1) is 45.5. The second-order valence-electron chi connectivity index (χ2n) is 27.3. The summed E-state index contributed by atoms with van der Waals surface area (Å²) in [5, 5.41) is 3.17. The maximum atomic E-state index is 15.7. The Hall–Kier alpha value is -4.77. The third kappa shape index (κ3) is 36.5. The fraction of sp³-hybridized carbons (Fsp3) is 0.711. The number of benzene rings is 3. The first-order valence-corrected chi connectivity index (χ1v) is 41.9. The molecule has 1 aliphatic heterocycles. The van der Waals surface area contributed by atoms with Crippen LogP contribution in [0.3, 0.4) is 0 Å². The number of esters is 2. The highest BCUT2D eigenvalue weighted by Crippen LogP contribution is 2.52. The van der Waals surface area contributed by atoms with Gasteiger partial charge in [-0.1, -0.05) is 293 Å². The van der Waals surface area contributed by atoms with Crippen LogP contribution in [0, 0.1) is 5.92 Å². The van der Waals surface area contributed by atoms with E-state index in [1.54, 1.807) is 60.7 Å². The van der Waals surface area contributed by atoms with E-state index < -0.39 is 83.0 Å². The van der Waals surface area contributed by atoms with Crippen LogP contribution in [0.15, 0.2) is 91.0 Å². The molecule has 0 saturated carbocycles. The van der Waals surface area contributed by atoms with Crippen LogP contribution in [0.25, 0.3) is 0 Å². The zero-order valence-corrected chi connectivity index (χ0v) is 61.3. The van der Waals surface area contributed by atoms with Crippen LogP contribution in [0.5, 0.6) is 11.5 Å². The van der Waals surface area contributed by atoms with Crippen LogP contribution >= 0.6 is 7.82 Å². The molecule has 6 atom stereocenters. The SMILES string of the molecule is CCCCCCCCCCCCC(CCCCCCCCCCCC)C(=O)O[C@H]1[C@H](OP(=O)(Oc2ccccc2)Oc2ccccc2)[C@@H](COC(=O)[C@H](C)N(C)C(=O)OCc2ccccc2)OC[C@@H]1NC(=O)C[C@@H](CCCCCCCCCCC)OCOCC[Si](C)(C)C. The largest absolute Gasteiger partial charge is 0.588 e. The van der Waals surface area contributed by atoms with Gasteiger partial charge in [-0.25, -0.2) is 14.2 Å². The van der Waals surface area contributed by atoms with E-state index in [4.69, 9.17) is 42.0 Å². The molecule has 532 valence electrons. The van der Waals surface area contributed by atoms with Gasteiger partial charge in [0.1, 0.15) is 49.8 Å². The van der Waals surface area contributed by atoms with Gasteiger partial charge in [0.2, 0.25) is 5.91 Å². The topological polar surface area (TPSA) is 184 Å². The van der Waals surface area contributed by atoms with Gasteiger partial charge in [-0.05, 0) is 62.1 Å². The van der Waals surface area contributed by atoms with E-state index in [1.165, 1.54) is 130 Å².